The summed E-state index contributed by atoms with van der Waals surface area (Å²) in [7, 11) is 2.96. The van der Waals surface area contributed by atoms with E-state index in [9.17, 15) is 4.79 Å². The number of ether oxygens (including phenoxy) is 2. The Morgan fingerprint density at radius 3 is 2.09 bits per heavy atom. The lowest BCUT2D eigenvalue weighted by Gasteiger charge is -2.25. The van der Waals surface area contributed by atoms with Crippen LogP contribution in [0.4, 0.5) is 0 Å². The molecule has 0 fully saturated rings. The van der Waals surface area contributed by atoms with Gasteiger partial charge in [0, 0.05) is 14.2 Å². The summed E-state index contributed by atoms with van der Waals surface area (Å²) in [6.07, 6.45) is 1.68. The number of Topliss-reactive ketones (excluding diaryl/α,β-unsaturated/α-hetero) is 1. The molecule has 3 heteroatoms. The summed E-state index contributed by atoms with van der Waals surface area (Å²) in [4.78, 5) is 10.7. The van der Waals surface area contributed by atoms with Crippen LogP contribution >= 0.6 is 0 Å². The minimum Gasteiger partial charge on any atom is -0.349 e. The predicted octanol–water partition coefficient (Wildman–Crippen LogP) is 1.14. The normalized spacial score (nSPS) is 11.2. The number of ketones is 1. The van der Waals surface area contributed by atoms with E-state index in [0.717, 1.165) is 0 Å². The van der Waals surface area contributed by atoms with Gasteiger partial charge in [0.05, 0.1) is 6.42 Å². The maximum Gasteiger partial charge on any atom is 0.193 e. The second-order valence-electron chi connectivity index (χ2n) is 2.30. The smallest absolute Gasteiger partial charge is 0.193 e. The molecule has 0 bridgehead atoms. The highest BCUT2D eigenvalue weighted by atomic mass is 16.7. The molecule has 0 saturated heterocycles. The van der Waals surface area contributed by atoms with Crippen LogP contribution in [0, 0.1) is 0 Å². The molecule has 0 amide bonds. The van der Waals surface area contributed by atoms with Crippen molar-refractivity contribution in [2.45, 2.75) is 19.1 Å². The molecule has 0 atom stereocenters. The van der Waals surface area contributed by atoms with E-state index in [1.54, 1.807) is 0 Å². The molecular formula is C8H14O3. The summed E-state index contributed by atoms with van der Waals surface area (Å²) in [5, 5.41) is 0. The Morgan fingerprint density at radius 2 is 2.00 bits per heavy atom. The van der Waals surface area contributed by atoms with Gasteiger partial charge >= 0.3 is 0 Å². The average molecular weight is 158 g/mol. The number of methoxy groups -OCH3 is 2. The van der Waals surface area contributed by atoms with E-state index in [0.29, 0.717) is 0 Å². The van der Waals surface area contributed by atoms with Gasteiger partial charge in [0.25, 0.3) is 0 Å². The van der Waals surface area contributed by atoms with E-state index in [4.69, 9.17) is 9.47 Å². The van der Waals surface area contributed by atoms with E-state index >= 15 is 0 Å². The molecule has 0 rings (SSSR count). The number of hydrogen-bond donors (Lipinski definition) is 0. The number of rotatable bonds is 5. The van der Waals surface area contributed by atoms with E-state index in [-0.39, 0.29) is 12.2 Å². The molecule has 0 spiro atoms. The van der Waals surface area contributed by atoms with Gasteiger partial charge in [-0.2, -0.15) is 0 Å². The zero-order valence-corrected chi connectivity index (χ0v) is 7.22. The Balaban J connectivity index is 4.28. The summed E-state index contributed by atoms with van der Waals surface area (Å²) < 4.78 is 9.97. The van der Waals surface area contributed by atoms with Crippen molar-refractivity contribution in [1.82, 2.24) is 0 Å². The van der Waals surface area contributed by atoms with Gasteiger partial charge in [-0.15, -0.1) is 0 Å². The molecule has 11 heavy (non-hydrogen) atoms. The molecule has 0 aromatic heterocycles. The summed E-state index contributed by atoms with van der Waals surface area (Å²) >= 11 is 0. The Bertz CT molecular complexity index is 147. The molecule has 3 nitrogen and oxygen atoms in total. The van der Waals surface area contributed by atoms with Gasteiger partial charge in [0.1, 0.15) is 5.78 Å². The van der Waals surface area contributed by atoms with Gasteiger partial charge in [-0.05, 0) is 13.0 Å². The minimum absolute atomic E-state index is 0.00796. The fourth-order valence-electron chi connectivity index (χ4n) is 0.813. The molecule has 0 aromatic rings. The van der Waals surface area contributed by atoms with Crippen LogP contribution < -0.4 is 0 Å². The van der Waals surface area contributed by atoms with Crippen LogP contribution in [0.3, 0.4) is 0 Å². The standard InChI is InChI=1S/C8H14O3/c1-5-8(10-3,11-4)6-7(2)9/h5H,1,6H2,2-4H3. The first-order chi connectivity index (χ1) is 5.10. The minimum atomic E-state index is -0.939. The molecule has 0 aromatic carbocycles. The van der Waals surface area contributed by atoms with Gasteiger partial charge in [-0.1, -0.05) is 6.58 Å². The monoisotopic (exact) mass is 158 g/mol. The number of carbonyl (C=O) groups is 1. The highest BCUT2D eigenvalue weighted by molar-refractivity contribution is 5.76. The SMILES string of the molecule is C=CC(CC(C)=O)(OC)OC. The number of carbonyl (C=O) groups excluding carboxylic acids is 1. The van der Waals surface area contributed by atoms with E-state index in [1.165, 1.54) is 27.2 Å². The van der Waals surface area contributed by atoms with Gasteiger partial charge < -0.3 is 9.47 Å². The maximum atomic E-state index is 10.7. The lowest BCUT2D eigenvalue weighted by atomic mass is 10.1. The molecular weight excluding hydrogens is 144 g/mol. The van der Waals surface area contributed by atoms with Crippen LogP contribution in [0.25, 0.3) is 0 Å². The first kappa shape index (κ1) is 10.3. The van der Waals surface area contributed by atoms with Gasteiger partial charge in [0.2, 0.25) is 0 Å². The Labute approximate surface area is 67.0 Å². The first-order valence-electron chi connectivity index (χ1n) is 3.33. The average Bonchev–Trinajstić information content (AvgIpc) is 2.00. The van der Waals surface area contributed by atoms with Crippen molar-refractivity contribution < 1.29 is 14.3 Å². The zero-order valence-electron chi connectivity index (χ0n) is 7.22. The fraction of sp³-hybridized carbons (Fsp3) is 0.625. The van der Waals surface area contributed by atoms with Gasteiger partial charge in [-0.25, -0.2) is 0 Å². The third-order valence-electron chi connectivity index (χ3n) is 1.50. The van der Waals surface area contributed by atoms with Gasteiger partial charge in [0.15, 0.2) is 5.79 Å². The molecule has 0 radical (unpaired) electrons. The highest BCUT2D eigenvalue weighted by Crippen LogP contribution is 2.17. The summed E-state index contributed by atoms with van der Waals surface area (Å²) in [6.45, 7) is 5.01. The molecule has 0 aliphatic carbocycles. The number of hydrogen-bond acceptors (Lipinski definition) is 3. The third kappa shape index (κ3) is 2.82. The predicted molar refractivity (Wildman–Crippen MR) is 42.2 cm³/mol. The van der Waals surface area contributed by atoms with Crippen molar-refractivity contribution in [3.05, 3.63) is 12.7 Å². The maximum absolute atomic E-state index is 10.7. The molecule has 0 heterocycles. The molecule has 0 aliphatic rings. The van der Waals surface area contributed by atoms with Crippen molar-refractivity contribution in [2.75, 3.05) is 14.2 Å². The molecule has 0 aliphatic heterocycles. The van der Waals surface area contributed by atoms with Crippen molar-refractivity contribution in [1.29, 1.82) is 0 Å². The van der Waals surface area contributed by atoms with Crippen LogP contribution in [-0.4, -0.2) is 25.8 Å². The van der Waals surface area contributed by atoms with Crippen LogP contribution in [0.5, 0.6) is 0 Å². The van der Waals surface area contributed by atoms with E-state index < -0.39 is 5.79 Å². The zero-order chi connectivity index (χ0) is 8.91. The molecule has 0 saturated carbocycles. The molecule has 64 valence electrons. The summed E-state index contributed by atoms with van der Waals surface area (Å²) in [5.41, 5.74) is 0. The second kappa shape index (κ2) is 4.26. The molecule has 0 N–H and O–H groups in total. The topological polar surface area (TPSA) is 35.5 Å². The van der Waals surface area contributed by atoms with Crippen LogP contribution in [0.15, 0.2) is 12.7 Å². The second-order valence-corrected chi connectivity index (χ2v) is 2.30. The fourth-order valence-corrected chi connectivity index (χ4v) is 0.813. The third-order valence-corrected chi connectivity index (χ3v) is 1.50. The summed E-state index contributed by atoms with van der Waals surface area (Å²) in [6, 6.07) is 0. The van der Waals surface area contributed by atoms with Crippen molar-refractivity contribution in [2.24, 2.45) is 0 Å². The van der Waals surface area contributed by atoms with Crippen LogP contribution in [0.1, 0.15) is 13.3 Å². The Morgan fingerprint density at radius 1 is 1.55 bits per heavy atom. The van der Waals surface area contributed by atoms with E-state index in [2.05, 4.69) is 6.58 Å². The highest BCUT2D eigenvalue weighted by Gasteiger charge is 2.26. The van der Waals surface area contributed by atoms with Gasteiger partial charge in [-0.3, -0.25) is 4.79 Å². The van der Waals surface area contributed by atoms with Crippen molar-refractivity contribution in [3.63, 3.8) is 0 Å². The van der Waals surface area contributed by atoms with Crippen molar-refractivity contribution >= 4 is 5.78 Å². The van der Waals surface area contributed by atoms with Crippen LogP contribution in [0.2, 0.25) is 0 Å². The van der Waals surface area contributed by atoms with Crippen LogP contribution in [-0.2, 0) is 14.3 Å². The quantitative estimate of drug-likeness (QED) is 0.444. The lowest BCUT2D eigenvalue weighted by molar-refractivity contribution is -0.177. The first-order valence-corrected chi connectivity index (χ1v) is 3.33. The molecule has 0 unspecified atom stereocenters. The lowest BCUT2D eigenvalue weighted by Crippen LogP contribution is -2.33. The largest absolute Gasteiger partial charge is 0.349 e. The Kier molecular flexibility index (Phi) is 4.00. The summed E-state index contributed by atoms with van der Waals surface area (Å²) in [5.74, 6) is -0.931. The van der Waals surface area contributed by atoms with E-state index in [1.807, 2.05) is 0 Å². The Hall–Kier alpha value is -0.670. The van der Waals surface area contributed by atoms with Crippen molar-refractivity contribution in [3.8, 4) is 0 Å².